The number of hydrogen-bond acceptors (Lipinski definition) is 3. The minimum absolute atomic E-state index is 0.146. The number of fused-ring (bicyclic) bond motifs is 1. The summed E-state index contributed by atoms with van der Waals surface area (Å²) < 4.78 is 7.41. The van der Waals surface area contributed by atoms with Gasteiger partial charge in [-0.15, -0.1) is 0 Å². The van der Waals surface area contributed by atoms with Crippen molar-refractivity contribution in [2.45, 2.75) is 38.6 Å². The van der Waals surface area contributed by atoms with Gasteiger partial charge in [0.25, 0.3) is 0 Å². The van der Waals surface area contributed by atoms with Crippen LogP contribution in [0, 0.1) is 0 Å². The maximum Gasteiger partial charge on any atom is 0.307 e. The fraction of sp³-hybridized carbons (Fsp3) is 0.375. The second kappa shape index (κ2) is 7.70. The highest BCUT2D eigenvalue weighted by molar-refractivity contribution is 5.88. The van der Waals surface area contributed by atoms with Crippen molar-refractivity contribution in [2.24, 2.45) is 0 Å². The third-order valence-corrected chi connectivity index (χ3v) is 5.48. The number of rotatable bonds is 7. The third-order valence-electron chi connectivity index (χ3n) is 5.48. The molecule has 0 bridgehead atoms. The van der Waals surface area contributed by atoms with Crippen LogP contribution in [0.3, 0.4) is 0 Å². The van der Waals surface area contributed by atoms with Gasteiger partial charge in [-0.05, 0) is 61.6 Å². The molecule has 0 radical (unpaired) electrons. The lowest BCUT2D eigenvalue weighted by molar-refractivity contribution is -0.143. The molecule has 4 heteroatoms. The quantitative estimate of drug-likeness (QED) is 0.531. The fourth-order valence-corrected chi connectivity index (χ4v) is 3.82. The van der Waals surface area contributed by atoms with E-state index in [9.17, 15) is 4.79 Å². The number of anilines is 1. The molecule has 0 amide bonds. The van der Waals surface area contributed by atoms with Crippen LogP contribution in [0.15, 0.2) is 48.5 Å². The summed E-state index contributed by atoms with van der Waals surface area (Å²) in [5, 5.41) is 1.25. The van der Waals surface area contributed by atoms with Crippen LogP contribution < -0.4 is 4.90 Å². The molecule has 0 spiro atoms. The van der Waals surface area contributed by atoms with Crippen LogP contribution in [0.2, 0.25) is 0 Å². The summed E-state index contributed by atoms with van der Waals surface area (Å²) in [5.74, 6) is 0.583. The van der Waals surface area contributed by atoms with Gasteiger partial charge in [0.15, 0.2) is 0 Å². The maximum atomic E-state index is 12.0. The van der Waals surface area contributed by atoms with Crippen molar-refractivity contribution in [2.75, 3.05) is 25.6 Å². The Morgan fingerprint density at radius 2 is 1.96 bits per heavy atom. The molecule has 0 atom stereocenters. The van der Waals surface area contributed by atoms with Crippen molar-refractivity contribution in [3.8, 4) is 11.3 Å². The number of nitrogens with zero attached hydrogens (tertiary/aromatic N) is 2. The number of benzene rings is 2. The second-order valence-corrected chi connectivity index (χ2v) is 7.77. The molecule has 146 valence electrons. The topological polar surface area (TPSA) is 34.5 Å². The lowest BCUT2D eigenvalue weighted by Crippen LogP contribution is -2.10. The SMILES string of the molecule is CCOC(=O)CCn1c(-c2cccc(N(C)C)c2)cc2cc(C3CC3)ccc21. The largest absolute Gasteiger partial charge is 0.466 e. The highest BCUT2D eigenvalue weighted by Crippen LogP contribution is 2.41. The molecule has 4 nitrogen and oxygen atoms in total. The Balaban J connectivity index is 1.77. The fourth-order valence-electron chi connectivity index (χ4n) is 3.82. The lowest BCUT2D eigenvalue weighted by atomic mass is 10.1. The Bertz CT molecular complexity index is 999. The van der Waals surface area contributed by atoms with E-state index >= 15 is 0 Å². The van der Waals surface area contributed by atoms with Gasteiger partial charge in [-0.1, -0.05) is 18.2 Å². The predicted molar refractivity (Wildman–Crippen MR) is 115 cm³/mol. The van der Waals surface area contributed by atoms with Gasteiger partial charge in [0.2, 0.25) is 0 Å². The van der Waals surface area contributed by atoms with Crippen LogP contribution in [0.1, 0.15) is 37.7 Å². The second-order valence-electron chi connectivity index (χ2n) is 7.77. The summed E-state index contributed by atoms with van der Waals surface area (Å²) in [6.45, 7) is 2.89. The monoisotopic (exact) mass is 376 g/mol. The average Bonchev–Trinajstić information content (AvgIpc) is 3.48. The van der Waals surface area contributed by atoms with Crippen molar-refractivity contribution in [1.82, 2.24) is 4.57 Å². The maximum absolute atomic E-state index is 12.0. The van der Waals surface area contributed by atoms with Gasteiger partial charge < -0.3 is 14.2 Å². The molecule has 0 saturated heterocycles. The lowest BCUT2D eigenvalue weighted by Gasteiger charge is -2.15. The summed E-state index contributed by atoms with van der Waals surface area (Å²) in [7, 11) is 4.11. The number of aromatic nitrogens is 1. The molecule has 1 saturated carbocycles. The minimum Gasteiger partial charge on any atom is -0.466 e. The van der Waals surface area contributed by atoms with Gasteiger partial charge in [-0.3, -0.25) is 4.79 Å². The van der Waals surface area contributed by atoms with E-state index in [-0.39, 0.29) is 5.97 Å². The molecule has 1 fully saturated rings. The van der Waals surface area contributed by atoms with Gasteiger partial charge >= 0.3 is 5.97 Å². The van der Waals surface area contributed by atoms with E-state index in [2.05, 4.69) is 72.1 Å². The van der Waals surface area contributed by atoms with Gasteiger partial charge in [-0.25, -0.2) is 0 Å². The zero-order valence-electron chi connectivity index (χ0n) is 16.9. The molecule has 0 N–H and O–H groups in total. The van der Waals surface area contributed by atoms with E-state index in [1.54, 1.807) is 0 Å². The molecular formula is C24H28N2O2. The summed E-state index contributed by atoms with van der Waals surface area (Å²) >= 11 is 0. The van der Waals surface area contributed by atoms with Crippen molar-refractivity contribution < 1.29 is 9.53 Å². The molecule has 4 rings (SSSR count). The highest BCUT2D eigenvalue weighted by atomic mass is 16.5. The summed E-state index contributed by atoms with van der Waals surface area (Å²) in [5.41, 5.74) is 6.09. The summed E-state index contributed by atoms with van der Waals surface area (Å²) in [6.07, 6.45) is 2.97. The Morgan fingerprint density at radius 3 is 2.68 bits per heavy atom. The van der Waals surface area contributed by atoms with Crippen LogP contribution in [0.5, 0.6) is 0 Å². The van der Waals surface area contributed by atoms with Crippen LogP contribution in [0.4, 0.5) is 5.69 Å². The van der Waals surface area contributed by atoms with Gasteiger partial charge in [0.1, 0.15) is 0 Å². The van der Waals surface area contributed by atoms with E-state index in [1.807, 2.05) is 6.92 Å². The van der Waals surface area contributed by atoms with E-state index in [1.165, 1.54) is 40.6 Å². The Labute approximate surface area is 166 Å². The standard InChI is InChI=1S/C24H28N2O2/c1-4-28-24(27)12-13-26-22-11-10-18(17-8-9-17)14-20(22)16-23(26)19-6-5-7-21(15-19)25(2)3/h5-7,10-11,14-17H,4,8-9,12-13H2,1-3H3. The Morgan fingerprint density at radius 1 is 1.14 bits per heavy atom. The van der Waals surface area contributed by atoms with Crippen LogP contribution in [-0.4, -0.2) is 31.2 Å². The Kier molecular flexibility index (Phi) is 5.12. The number of carbonyl (C=O) groups is 1. The van der Waals surface area contributed by atoms with Gasteiger partial charge in [-0.2, -0.15) is 0 Å². The molecule has 1 aromatic heterocycles. The molecule has 1 heterocycles. The zero-order chi connectivity index (χ0) is 19.7. The molecule has 0 unspecified atom stereocenters. The smallest absolute Gasteiger partial charge is 0.307 e. The first kappa shape index (κ1) is 18.6. The summed E-state index contributed by atoms with van der Waals surface area (Å²) in [6, 6.07) is 17.6. The number of esters is 1. The van der Waals surface area contributed by atoms with E-state index in [4.69, 9.17) is 4.74 Å². The number of hydrogen-bond donors (Lipinski definition) is 0. The molecule has 2 aromatic carbocycles. The van der Waals surface area contributed by atoms with Gasteiger partial charge in [0.05, 0.1) is 13.0 Å². The zero-order valence-corrected chi connectivity index (χ0v) is 16.9. The first-order chi connectivity index (χ1) is 13.6. The molecule has 1 aliphatic carbocycles. The molecule has 28 heavy (non-hydrogen) atoms. The normalized spacial score (nSPS) is 13.7. The van der Waals surface area contributed by atoms with E-state index < -0.39 is 0 Å². The van der Waals surface area contributed by atoms with Crippen LogP contribution >= 0.6 is 0 Å². The van der Waals surface area contributed by atoms with Crippen molar-refractivity contribution >= 4 is 22.6 Å². The van der Waals surface area contributed by atoms with Crippen LogP contribution in [0.25, 0.3) is 22.2 Å². The van der Waals surface area contributed by atoms with Crippen molar-refractivity contribution in [3.05, 3.63) is 54.1 Å². The molecule has 0 aliphatic heterocycles. The number of carbonyl (C=O) groups excluding carboxylic acids is 1. The molecule has 1 aliphatic rings. The predicted octanol–water partition coefficient (Wildman–Crippen LogP) is 5.20. The summed E-state index contributed by atoms with van der Waals surface area (Å²) in [4.78, 5) is 14.1. The molecule has 3 aromatic rings. The Hall–Kier alpha value is -2.75. The van der Waals surface area contributed by atoms with E-state index in [0.29, 0.717) is 19.6 Å². The van der Waals surface area contributed by atoms with Crippen molar-refractivity contribution in [1.29, 1.82) is 0 Å². The minimum atomic E-state index is -0.146. The van der Waals surface area contributed by atoms with E-state index in [0.717, 1.165) is 11.6 Å². The highest BCUT2D eigenvalue weighted by Gasteiger charge is 2.24. The van der Waals surface area contributed by atoms with Crippen molar-refractivity contribution in [3.63, 3.8) is 0 Å². The first-order valence-corrected chi connectivity index (χ1v) is 10.1. The number of ether oxygens (including phenoxy) is 1. The third kappa shape index (κ3) is 3.77. The van der Waals surface area contributed by atoms with Gasteiger partial charge in [0, 0.05) is 48.5 Å². The van der Waals surface area contributed by atoms with Crippen LogP contribution in [-0.2, 0) is 16.1 Å². The molecular weight excluding hydrogens is 348 g/mol. The number of aryl methyl sites for hydroxylation is 1. The average molecular weight is 377 g/mol. The first-order valence-electron chi connectivity index (χ1n) is 10.1.